The molecule has 2 saturated heterocycles. The maximum atomic E-state index is 13.9. The molecule has 3 aromatic rings. The van der Waals surface area contributed by atoms with Gasteiger partial charge in [0.25, 0.3) is 5.89 Å². The summed E-state index contributed by atoms with van der Waals surface area (Å²) >= 11 is 0. The number of halogens is 1. The molecule has 1 aromatic carbocycles. The van der Waals surface area contributed by atoms with E-state index < -0.39 is 0 Å². The Hall–Kier alpha value is -2.64. The quantitative estimate of drug-likeness (QED) is 0.653. The third kappa shape index (κ3) is 3.75. The lowest BCUT2D eigenvalue weighted by Crippen LogP contribution is -2.41. The van der Waals surface area contributed by atoms with E-state index in [9.17, 15) is 4.39 Å². The Balaban J connectivity index is 1.24. The molecule has 0 aliphatic carbocycles. The first-order chi connectivity index (χ1) is 14.6. The zero-order valence-corrected chi connectivity index (χ0v) is 17.2. The molecule has 6 nitrogen and oxygen atoms in total. The standard InChI is InChI=1S/C23H26FN5O/c1-28-16-23(8-11-29(12-9-23)15-18-7-10-25-14-19(18)24)13-20(28)21-26-22(30-27-21)17-5-3-2-4-6-17/h2-7,10,14,20H,8-9,11-13,15-16H2,1H3. The van der Waals surface area contributed by atoms with E-state index in [2.05, 4.69) is 27.0 Å². The second kappa shape index (κ2) is 7.89. The van der Waals surface area contributed by atoms with Gasteiger partial charge >= 0.3 is 0 Å². The smallest absolute Gasteiger partial charge is 0.257 e. The van der Waals surface area contributed by atoms with E-state index in [1.54, 1.807) is 12.3 Å². The van der Waals surface area contributed by atoms with Gasteiger partial charge in [0.15, 0.2) is 5.82 Å². The first kappa shape index (κ1) is 19.3. The summed E-state index contributed by atoms with van der Waals surface area (Å²) in [4.78, 5) is 13.2. The van der Waals surface area contributed by atoms with E-state index in [-0.39, 0.29) is 17.3 Å². The van der Waals surface area contributed by atoms with Gasteiger partial charge in [0, 0.05) is 30.4 Å². The van der Waals surface area contributed by atoms with Crippen LogP contribution in [0.3, 0.4) is 0 Å². The number of benzene rings is 1. The zero-order valence-electron chi connectivity index (χ0n) is 17.2. The first-order valence-corrected chi connectivity index (χ1v) is 10.5. The summed E-state index contributed by atoms with van der Waals surface area (Å²) < 4.78 is 19.5. The molecule has 2 aliphatic rings. The van der Waals surface area contributed by atoms with Crippen molar-refractivity contribution in [2.24, 2.45) is 5.41 Å². The fraction of sp³-hybridized carbons (Fsp3) is 0.435. The van der Waals surface area contributed by atoms with Crippen LogP contribution in [0.5, 0.6) is 0 Å². The minimum atomic E-state index is -0.218. The van der Waals surface area contributed by atoms with Crippen molar-refractivity contribution in [1.82, 2.24) is 24.9 Å². The lowest BCUT2D eigenvalue weighted by atomic mass is 9.76. The van der Waals surface area contributed by atoms with Crippen molar-refractivity contribution in [3.63, 3.8) is 0 Å². The average molecular weight is 407 g/mol. The molecule has 1 atom stereocenters. The van der Waals surface area contributed by atoms with Crippen molar-refractivity contribution in [3.8, 4) is 11.5 Å². The summed E-state index contributed by atoms with van der Waals surface area (Å²) in [6.07, 6.45) is 6.20. The highest BCUT2D eigenvalue weighted by molar-refractivity contribution is 5.52. The number of likely N-dealkylation sites (tertiary alicyclic amines) is 2. The van der Waals surface area contributed by atoms with Crippen LogP contribution in [0.1, 0.15) is 36.7 Å². The monoisotopic (exact) mass is 407 g/mol. The topological polar surface area (TPSA) is 58.3 Å². The Morgan fingerprint density at radius 3 is 2.73 bits per heavy atom. The predicted molar refractivity (Wildman–Crippen MR) is 111 cm³/mol. The van der Waals surface area contributed by atoms with Crippen molar-refractivity contribution in [1.29, 1.82) is 0 Å². The van der Waals surface area contributed by atoms with Gasteiger partial charge in [-0.2, -0.15) is 4.98 Å². The van der Waals surface area contributed by atoms with Crippen LogP contribution in [0, 0.1) is 11.2 Å². The van der Waals surface area contributed by atoms with Crippen LogP contribution < -0.4 is 0 Å². The summed E-state index contributed by atoms with van der Waals surface area (Å²) in [6, 6.07) is 11.8. The summed E-state index contributed by atoms with van der Waals surface area (Å²) in [5, 5.41) is 4.30. The average Bonchev–Trinajstić information content (AvgIpc) is 3.37. The third-order valence-electron chi connectivity index (χ3n) is 6.67. The minimum Gasteiger partial charge on any atom is -0.334 e. The number of piperidine rings is 1. The normalized spacial score (nSPS) is 22.0. The molecule has 1 unspecified atom stereocenters. The van der Waals surface area contributed by atoms with Gasteiger partial charge in [-0.15, -0.1) is 0 Å². The summed E-state index contributed by atoms with van der Waals surface area (Å²) in [5.74, 6) is 1.13. The Bertz CT molecular complexity index is 1000. The van der Waals surface area contributed by atoms with E-state index in [0.717, 1.165) is 55.8 Å². The lowest BCUT2D eigenvalue weighted by Gasteiger charge is -2.39. The van der Waals surface area contributed by atoms with Gasteiger partial charge in [-0.05, 0) is 63.0 Å². The molecule has 0 radical (unpaired) electrons. The highest BCUT2D eigenvalue weighted by Gasteiger charge is 2.46. The Kier molecular flexibility index (Phi) is 5.08. The summed E-state index contributed by atoms with van der Waals surface area (Å²) in [7, 11) is 2.15. The van der Waals surface area contributed by atoms with E-state index in [1.165, 1.54) is 6.20 Å². The van der Waals surface area contributed by atoms with E-state index >= 15 is 0 Å². The molecule has 4 heterocycles. The number of nitrogens with zero attached hydrogens (tertiary/aromatic N) is 5. The number of pyridine rings is 1. The van der Waals surface area contributed by atoms with Crippen LogP contribution in [0.2, 0.25) is 0 Å². The minimum absolute atomic E-state index is 0.176. The van der Waals surface area contributed by atoms with Crippen LogP contribution in [0.15, 0.2) is 53.3 Å². The molecule has 30 heavy (non-hydrogen) atoms. The van der Waals surface area contributed by atoms with Gasteiger partial charge in [0.2, 0.25) is 0 Å². The molecular weight excluding hydrogens is 381 g/mol. The molecule has 0 bridgehead atoms. The molecule has 5 rings (SSSR count). The SMILES string of the molecule is CN1CC2(CCN(Cc3ccncc3F)CC2)CC1c1noc(-c2ccccc2)n1. The second-order valence-electron chi connectivity index (χ2n) is 8.70. The molecule has 156 valence electrons. The van der Waals surface area contributed by atoms with Crippen LogP contribution in [0.25, 0.3) is 11.5 Å². The second-order valence-corrected chi connectivity index (χ2v) is 8.70. The van der Waals surface area contributed by atoms with Gasteiger partial charge in [-0.3, -0.25) is 14.8 Å². The Morgan fingerprint density at radius 1 is 1.17 bits per heavy atom. The number of aromatic nitrogens is 3. The van der Waals surface area contributed by atoms with E-state index in [4.69, 9.17) is 9.51 Å². The van der Waals surface area contributed by atoms with Crippen LogP contribution >= 0.6 is 0 Å². The van der Waals surface area contributed by atoms with Gasteiger partial charge < -0.3 is 4.52 Å². The molecule has 0 saturated carbocycles. The molecule has 0 amide bonds. The fourth-order valence-electron chi connectivity index (χ4n) is 4.95. The third-order valence-corrected chi connectivity index (χ3v) is 6.67. The van der Waals surface area contributed by atoms with Gasteiger partial charge in [0.1, 0.15) is 5.82 Å². The largest absolute Gasteiger partial charge is 0.334 e. The predicted octanol–water partition coefficient (Wildman–Crippen LogP) is 3.93. The number of hydrogen-bond acceptors (Lipinski definition) is 6. The van der Waals surface area contributed by atoms with E-state index in [1.807, 2.05) is 30.3 Å². The number of rotatable bonds is 4. The van der Waals surface area contributed by atoms with Gasteiger partial charge in [-0.25, -0.2) is 4.39 Å². The van der Waals surface area contributed by atoms with E-state index in [0.29, 0.717) is 12.4 Å². The lowest BCUT2D eigenvalue weighted by molar-refractivity contribution is 0.104. The molecule has 2 fully saturated rings. The number of hydrogen-bond donors (Lipinski definition) is 0. The van der Waals surface area contributed by atoms with Gasteiger partial charge in [0.05, 0.1) is 12.2 Å². The molecule has 0 N–H and O–H groups in total. The molecule has 1 spiro atoms. The molecule has 7 heteroatoms. The first-order valence-electron chi connectivity index (χ1n) is 10.5. The van der Waals surface area contributed by atoms with Crippen LogP contribution in [0.4, 0.5) is 4.39 Å². The van der Waals surface area contributed by atoms with Crippen molar-refractivity contribution in [2.45, 2.75) is 31.8 Å². The Labute approximate surface area is 175 Å². The summed E-state index contributed by atoms with van der Waals surface area (Å²) in [6.45, 7) is 3.63. The molecule has 2 aromatic heterocycles. The molecular formula is C23H26FN5O. The molecule has 2 aliphatic heterocycles. The maximum absolute atomic E-state index is 13.9. The Morgan fingerprint density at radius 2 is 1.97 bits per heavy atom. The highest BCUT2D eigenvalue weighted by Crippen LogP contribution is 2.48. The van der Waals surface area contributed by atoms with Crippen molar-refractivity contribution < 1.29 is 8.91 Å². The highest BCUT2D eigenvalue weighted by atomic mass is 19.1. The summed E-state index contributed by atoms with van der Waals surface area (Å²) in [5.41, 5.74) is 1.94. The van der Waals surface area contributed by atoms with Crippen LogP contribution in [-0.4, -0.2) is 51.6 Å². The van der Waals surface area contributed by atoms with Crippen molar-refractivity contribution in [3.05, 3.63) is 66.0 Å². The fourth-order valence-corrected chi connectivity index (χ4v) is 4.95. The maximum Gasteiger partial charge on any atom is 0.257 e. The van der Waals surface area contributed by atoms with Crippen molar-refractivity contribution in [2.75, 3.05) is 26.7 Å². The van der Waals surface area contributed by atoms with Crippen molar-refractivity contribution >= 4 is 0 Å². The van der Waals surface area contributed by atoms with Gasteiger partial charge in [-0.1, -0.05) is 23.4 Å². The zero-order chi connectivity index (χ0) is 20.6. The van der Waals surface area contributed by atoms with Crippen LogP contribution in [-0.2, 0) is 6.54 Å².